The highest BCUT2D eigenvalue weighted by molar-refractivity contribution is 6.21. The van der Waals surface area contributed by atoms with Crippen molar-refractivity contribution in [1.82, 2.24) is 19.5 Å². The van der Waals surface area contributed by atoms with Crippen molar-refractivity contribution >= 4 is 43.7 Å². The minimum atomic E-state index is 0.516. The van der Waals surface area contributed by atoms with Crippen LogP contribution in [0.5, 0.6) is 0 Å². The van der Waals surface area contributed by atoms with Crippen LogP contribution in [0.3, 0.4) is 0 Å². The standard InChI is InChI=1S/C51H32N4O/c1-4-13-33(14-5-1)36-23-25-37(26-24-36)49-52-50(40-20-12-19-38(31-40)34-15-6-2-7-16-34)54-51(53-49)55-45-30-27-39(35-17-8-3-9-18-35)32-44(45)42-28-29-43-41-21-10-11-22-46(41)56-48(43)47(42)55/h1-32H. The van der Waals surface area contributed by atoms with Crippen LogP contribution in [0, 0.1) is 0 Å². The van der Waals surface area contributed by atoms with E-state index in [4.69, 9.17) is 19.4 Å². The second-order valence-corrected chi connectivity index (χ2v) is 14.0. The zero-order valence-corrected chi connectivity index (χ0v) is 30.2. The zero-order chi connectivity index (χ0) is 37.0. The van der Waals surface area contributed by atoms with Gasteiger partial charge in [-0.2, -0.15) is 9.97 Å². The monoisotopic (exact) mass is 716 g/mol. The van der Waals surface area contributed by atoms with E-state index in [-0.39, 0.29) is 0 Å². The van der Waals surface area contributed by atoms with Gasteiger partial charge in [-0.3, -0.25) is 4.57 Å². The van der Waals surface area contributed by atoms with Crippen LogP contribution in [-0.4, -0.2) is 19.5 Å². The Morgan fingerprint density at radius 2 is 0.857 bits per heavy atom. The lowest BCUT2D eigenvalue weighted by Crippen LogP contribution is -2.06. The number of benzene rings is 8. The SMILES string of the molecule is c1ccc(-c2ccc(-c3nc(-c4cccc(-c5ccccc5)c4)nc(-n4c5ccc(-c6ccccc6)cc5c5ccc6c7ccccc7oc6c54)n3)cc2)cc1. The molecular formula is C51H32N4O. The summed E-state index contributed by atoms with van der Waals surface area (Å²) < 4.78 is 8.89. The minimum absolute atomic E-state index is 0.516. The average Bonchev–Trinajstić information content (AvgIpc) is 3.83. The van der Waals surface area contributed by atoms with Gasteiger partial charge < -0.3 is 4.42 Å². The normalized spacial score (nSPS) is 11.6. The van der Waals surface area contributed by atoms with Crippen LogP contribution < -0.4 is 0 Å². The molecule has 0 fully saturated rings. The molecule has 3 aromatic heterocycles. The largest absolute Gasteiger partial charge is 0.454 e. The third-order valence-corrected chi connectivity index (χ3v) is 10.7. The van der Waals surface area contributed by atoms with Gasteiger partial charge in [0.25, 0.3) is 0 Å². The van der Waals surface area contributed by atoms with Gasteiger partial charge in [0.15, 0.2) is 17.2 Å². The van der Waals surface area contributed by atoms with E-state index < -0.39 is 0 Å². The quantitative estimate of drug-likeness (QED) is 0.172. The third-order valence-electron chi connectivity index (χ3n) is 10.7. The van der Waals surface area contributed by atoms with E-state index in [1.54, 1.807) is 0 Å². The van der Waals surface area contributed by atoms with Gasteiger partial charge in [-0.1, -0.05) is 164 Å². The Kier molecular flexibility index (Phi) is 7.42. The van der Waals surface area contributed by atoms with E-state index in [9.17, 15) is 0 Å². The fourth-order valence-electron chi connectivity index (χ4n) is 7.93. The molecular weight excluding hydrogens is 685 g/mol. The summed E-state index contributed by atoms with van der Waals surface area (Å²) in [5.74, 6) is 1.69. The third kappa shape index (κ3) is 5.37. The van der Waals surface area contributed by atoms with Crippen LogP contribution in [-0.2, 0) is 0 Å². The maximum atomic E-state index is 6.73. The van der Waals surface area contributed by atoms with Crippen LogP contribution in [0.2, 0.25) is 0 Å². The van der Waals surface area contributed by atoms with Gasteiger partial charge in [-0.05, 0) is 63.7 Å². The Bertz CT molecular complexity index is 3220. The number of para-hydroxylation sites is 1. The molecule has 5 nitrogen and oxygen atoms in total. The van der Waals surface area contributed by atoms with Crippen molar-refractivity contribution < 1.29 is 4.42 Å². The van der Waals surface area contributed by atoms with Crippen LogP contribution >= 0.6 is 0 Å². The molecule has 0 atom stereocenters. The van der Waals surface area contributed by atoms with Crippen molar-refractivity contribution in [3.63, 3.8) is 0 Å². The minimum Gasteiger partial charge on any atom is -0.454 e. The number of hydrogen-bond donors (Lipinski definition) is 0. The van der Waals surface area contributed by atoms with Crippen molar-refractivity contribution in [2.45, 2.75) is 0 Å². The fraction of sp³-hybridized carbons (Fsp3) is 0. The highest BCUT2D eigenvalue weighted by atomic mass is 16.3. The molecule has 0 bridgehead atoms. The smallest absolute Gasteiger partial charge is 0.238 e. The summed E-state index contributed by atoms with van der Waals surface area (Å²) >= 11 is 0. The first-order valence-corrected chi connectivity index (χ1v) is 18.8. The molecule has 0 aliphatic carbocycles. The Balaban J connectivity index is 1.19. The lowest BCUT2D eigenvalue weighted by molar-refractivity contribution is 0.670. The molecule has 56 heavy (non-hydrogen) atoms. The van der Waals surface area contributed by atoms with Crippen molar-refractivity contribution in [1.29, 1.82) is 0 Å². The molecule has 0 spiro atoms. The van der Waals surface area contributed by atoms with Crippen LogP contribution in [0.1, 0.15) is 0 Å². The molecule has 262 valence electrons. The summed E-state index contributed by atoms with van der Waals surface area (Å²) in [4.78, 5) is 15.8. The predicted octanol–water partition coefficient (Wildman–Crippen LogP) is 13.2. The van der Waals surface area contributed by atoms with E-state index in [1.807, 2.05) is 30.3 Å². The lowest BCUT2D eigenvalue weighted by Gasteiger charge is -2.12. The zero-order valence-electron chi connectivity index (χ0n) is 30.2. The van der Waals surface area contributed by atoms with Gasteiger partial charge in [-0.15, -0.1) is 0 Å². The molecule has 3 heterocycles. The Morgan fingerprint density at radius 3 is 1.57 bits per heavy atom. The van der Waals surface area contributed by atoms with E-state index in [1.165, 1.54) is 0 Å². The van der Waals surface area contributed by atoms with Gasteiger partial charge in [0.05, 0.1) is 5.52 Å². The molecule has 8 aromatic carbocycles. The lowest BCUT2D eigenvalue weighted by atomic mass is 10.0. The van der Waals surface area contributed by atoms with E-state index in [2.05, 4.69) is 168 Å². The maximum Gasteiger partial charge on any atom is 0.238 e. The highest BCUT2D eigenvalue weighted by Crippen LogP contribution is 2.41. The molecule has 0 radical (unpaired) electrons. The molecule has 0 aliphatic rings. The number of nitrogens with zero attached hydrogens (tertiary/aromatic N) is 4. The maximum absolute atomic E-state index is 6.73. The van der Waals surface area contributed by atoms with Crippen molar-refractivity contribution in [2.75, 3.05) is 0 Å². The van der Waals surface area contributed by atoms with Crippen molar-refractivity contribution in [3.05, 3.63) is 194 Å². The second kappa shape index (κ2) is 13.0. The molecule has 0 amide bonds. The van der Waals surface area contributed by atoms with Gasteiger partial charge in [0.1, 0.15) is 11.1 Å². The number of rotatable bonds is 6. The predicted molar refractivity (Wildman–Crippen MR) is 229 cm³/mol. The van der Waals surface area contributed by atoms with E-state index in [0.717, 1.165) is 88.3 Å². The Morgan fingerprint density at radius 1 is 0.339 bits per heavy atom. The van der Waals surface area contributed by atoms with Crippen molar-refractivity contribution in [3.8, 4) is 62.1 Å². The van der Waals surface area contributed by atoms with Crippen LogP contribution in [0.25, 0.3) is 106 Å². The highest BCUT2D eigenvalue weighted by Gasteiger charge is 2.23. The van der Waals surface area contributed by atoms with Crippen LogP contribution in [0.4, 0.5) is 0 Å². The average molecular weight is 717 g/mol. The second-order valence-electron chi connectivity index (χ2n) is 14.0. The van der Waals surface area contributed by atoms with Gasteiger partial charge >= 0.3 is 0 Å². The molecule has 0 aliphatic heterocycles. The number of furan rings is 1. The van der Waals surface area contributed by atoms with E-state index >= 15 is 0 Å². The topological polar surface area (TPSA) is 56.7 Å². The summed E-state index contributed by atoms with van der Waals surface area (Å²) in [7, 11) is 0. The first-order chi connectivity index (χ1) is 27.7. The summed E-state index contributed by atoms with van der Waals surface area (Å²) in [5.41, 5.74) is 12.1. The summed E-state index contributed by atoms with van der Waals surface area (Å²) in [5, 5.41) is 4.26. The number of aromatic nitrogens is 4. The molecule has 5 heteroatoms. The van der Waals surface area contributed by atoms with E-state index in [0.29, 0.717) is 17.6 Å². The van der Waals surface area contributed by atoms with Crippen LogP contribution in [0.15, 0.2) is 199 Å². The molecule has 0 N–H and O–H groups in total. The first-order valence-electron chi connectivity index (χ1n) is 18.8. The molecule has 0 saturated carbocycles. The Hall–Kier alpha value is -7.63. The summed E-state index contributed by atoms with van der Waals surface area (Å²) in [6.45, 7) is 0. The molecule has 0 unspecified atom stereocenters. The number of hydrogen-bond acceptors (Lipinski definition) is 4. The molecule has 11 aromatic rings. The Labute approximate surface area is 322 Å². The van der Waals surface area contributed by atoms with Gasteiger partial charge in [0, 0.05) is 32.7 Å². The van der Waals surface area contributed by atoms with Gasteiger partial charge in [0.2, 0.25) is 5.95 Å². The number of fused-ring (bicyclic) bond motifs is 7. The summed E-state index contributed by atoms with van der Waals surface area (Å²) in [6, 6.07) is 67.4. The molecule has 11 rings (SSSR count). The molecule has 0 saturated heterocycles. The van der Waals surface area contributed by atoms with Gasteiger partial charge in [-0.25, -0.2) is 4.98 Å². The summed E-state index contributed by atoms with van der Waals surface area (Å²) in [6.07, 6.45) is 0. The fourth-order valence-corrected chi connectivity index (χ4v) is 7.93. The van der Waals surface area contributed by atoms with Crippen molar-refractivity contribution in [2.24, 2.45) is 0 Å². The first kappa shape index (κ1) is 31.9.